The van der Waals surface area contributed by atoms with E-state index in [4.69, 9.17) is 10.3 Å². The molecular weight excluding hydrogens is 278 g/mol. The lowest BCUT2D eigenvalue weighted by molar-refractivity contribution is -0.384. The van der Waals surface area contributed by atoms with Crippen LogP contribution in [-0.2, 0) is 0 Å². The smallest absolute Gasteiger partial charge is 0.269 e. The van der Waals surface area contributed by atoms with Crippen LogP contribution in [0.3, 0.4) is 0 Å². The average molecular weight is 287 g/mol. The van der Waals surface area contributed by atoms with E-state index < -0.39 is 4.92 Å². The second kappa shape index (κ2) is 4.78. The van der Waals surface area contributed by atoms with Crippen LogP contribution in [-0.4, -0.2) is 10.1 Å². The second-order valence-electron chi connectivity index (χ2n) is 4.05. The van der Waals surface area contributed by atoms with Crippen LogP contribution in [0, 0.1) is 10.1 Å². The molecule has 0 aliphatic rings. The summed E-state index contributed by atoms with van der Waals surface area (Å²) in [5, 5.41) is 16.5. The van der Waals surface area contributed by atoms with Gasteiger partial charge in [-0.1, -0.05) is 11.2 Å². The molecule has 0 saturated heterocycles. The minimum atomic E-state index is -0.443. The third-order valence-corrected chi connectivity index (χ3v) is 3.72. The number of nitrogen functional groups attached to an aromatic ring is 1. The SMILES string of the molecule is Nc1onc(-c2ccc([N+](=O)[O-])cc2)c1-c1cccs1. The Labute approximate surface area is 117 Å². The number of non-ortho nitro benzene ring substituents is 1. The number of nitrogens with two attached hydrogens (primary N) is 1. The van der Waals surface area contributed by atoms with Gasteiger partial charge in [0, 0.05) is 22.6 Å². The van der Waals surface area contributed by atoms with Crippen molar-refractivity contribution >= 4 is 22.9 Å². The molecule has 1 aromatic carbocycles. The highest BCUT2D eigenvalue weighted by Crippen LogP contribution is 2.38. The first-order valence-electron chi connectivity index (χ1n) is 5.70. The van der Waals surface area contributed by atoms with Crippen LogP contribution >= 0.6 is 11.3 Å². The Kier molecular flexibility index (Phi) is 2.96. The largest absolute Gasteiger partial charge is 0.367 e. The summed E-state index contributed by atoms with van der Waals surface area (Å²) in [6.45, 7) is 0. The van der Waals surface area contributed by atoms with E-state index in [-0.39, 0.29) is 11.6 Å². The molecule has 6 nitrogen and oxygen atoms in total. The van der Waals surface area contributed by atoms with Gasteiger partial charge in [-0.25, -0.2) is 0 Å². The fourth-order valence-corrected chi connectivity index (χ4v) is 2.68. The highest BCUT2D eigenvalue weighted by molar-refractivity contribution is 7.13. The maximum atomic E-state index is 10.7. The van der Waals surface area contributed by atoms with Crippen molar-refractivity contribution in [2.24, 2.45) is 0 Å². The molecule has 0 saturated carbocycles. The monoisotopic (exact) mass is 287 g/mol. The molecule has 7 heteroatoms. The van der Waals surface area contributed by atoms with Gasteiger partial charge in [-0.05, 0) is 23.6 Å². The number of thiophene rings is 1. The zero-order chi connectivity index (χ0) is 14.1. The fourth-order valence-electron chi connectivity index (χ4n) is 1.90. The van der Waals surface area contributed by atoms with Crippen molar-refractivity contribution in [3.63, 3.8) is 0 Å². The van der Waals surface area contributed by atoms with Crippen LogP contribution in [0.5, 0.6) is 0 Å². The summed E-state index contributed by atoms with van der Waals surface area (Å²) in [6, 6.07) is 9.95. The number of benzene rings is 1. The standard InChI is InChI=1S/C13H9N3O3S/c14-13-11(10-2-1-7-20-10)12(15-19-13)8-3-5-9(6-4-8)16(17)18/h1-7H,14H2. The Hall–Kier alpha value is -2.67. The third kappa shape index (κ3) is 2.04. The molecule has 2 N–H and O–H groups in total. The fraction of sp³-hybridized carbons (Fsp3) is 0. The molecule has 100 valence electrons. The predicted octanol–water partition coefficient (Wildman–Crippen LogP) is 3.56. The van der Waals surface area contributed by atoms with E-state index in [9.17, 15) is 10.1 Å². The molecule has 0 fully saturated rings. The molecule has 0 atom stereocenters. The third-order valence-electron chi connectivity index (χ3n) is 2.84. The Morgan fingerprint density at radius 2 is 2.00 bits per heavy atom. The number of nitrogens with zero attached hydrogens (tertiary/aromatic N) is 2. The summed E-state index contributed by atoms with van der Waals surface area (Å²) >= 11 is 1.52. The lowest BCUT2D eigenvalue weighted by atomic mass is 10.1. The van der Waals surface area contributed by atoms with E-state index in [1.165, 1.54) is 23.5 Å². The van der Waals surface area contributed by atoms with Gasteiger partial charge in [-0.2, -0.15) is 0 Å². The quantitative estimate of drug-likeness (QED) is 0.587. The first-order valence-corrected chi connectivity index (χ1v) is 6.58. The second-order valence-corrected chi connectivity index (χ2v) is 5.00. The number of hydrogen-bond donors (Lipinski definition) is 1. The average Bonchev–Trinajstić information content (AvgIpc) is 3.07. The minimum Gasteiger partial charge on any atom is -0.367 e. The van der Waals surface area contributed by atoms with Crippen LogP contribution in [0.25, 0.3) is 21.7 Å². The van der Waals surface area contributed by atoms with Gasteiger partial charge < -0.3 is 10.3 Å². The molecular formula is C13H9N3O3S. The van der Waals surface area contributed by atoms with Gasteiger partial charge in [0.25, 0.3) is 5.69 Å². The number of nitro benzene ring substituents is 1. The van der Waals surface area contributed by atoms with Crippen molar-refractivity contribution in [1.29, 1.82) is 0 Å². The first kappa shape index (κ1) is 12.4. The Morgan fingerprint density at radius 3 is 2.60 bits per heavy atom. The molecule has 0 amide bonds. The Bertz CT molecular complexity index is 748. The van der Waals surface area contributed by atoms with Crippen molar-refractivity contribution < 1.29 is 9.45 Å². The molecule has 3 aromatic rings. The first-order chi connectivity index (χ1) is 9.66. The summed E-state index contributed by atoms with van der Waals surface area (Å²) in [6.07, 6.45) is 0. The number of anilines is 1. The normalized spacial score (nSPS) is 10.6. The maximum absolute atomic E-state index is 10.7. The molecule has 2 heterocycles. The molecule has 0 aliphatic carbocycles. The molecule has 0 aliphatic heterocycles. The zero-order valence-corrected chi connectivity index (χ0v) is 11.0. The summed E-state index contributed by atoms with van der Waals surface area (Å²) in [5.41, 5.74) is 7.87. The molecule has 3 rings (SSSR count). The number of aromatic nitrogens is 1. The summed E-state index contributed by atoms with van der Waals surface area (Å²) in [7, 11) is 0. The van der Waals surface area contributed by atoms with Gasteiger partial charge in [0.15, 0.2) is 0 Å². The Morgan fingerprint density at radius 1 is 1.25 bits per heavy atom. The van der Waals surface area contributed by atoms with Crippen LogP contribution in [0.4, 0.5) is 11.6 Å². The molecule has 0 unspecified atom stereocenters. The highest BCUT2D eigenvalue weighted by Gasteiger charge is 2.18. The zero-order valence-electron chi connectivity index (χ0n) is 10.1. The molecule has 20 heavy (non-hydrogen) atoms. The highest BCUT2D eigenvalue weighted by atomic mass is 32.1. The number of hydrogen-bond acceptors (Lipinski definition) is 6. The van der Waals surface area contributed by atoms with Crippen molar-refractivity contribution in [2.45, 2.75) is 0 Å². The summed E-state index contributed by atoms with van der Waals surface area (Å²) < 4.78 is 5.05. The van der Waals surface area contributed by atoms with Gasteiger partial charge in [-0.3, -0.25) is 10.1 Å². The van der Waals surface area contributed by atoms with E-state index in [1.54, 1.807) is 12.1 Å². The maximum Gasteiger partial charge on any atom is 0.269 e. The van der Waals surface area contributed by atoms with Gasteiger partial charge in [0.2, 0.25) is 5.88 Å². The molecule has 0 radical (unpaired) electrons. The Balaban J connectivity index is 2.09. The van der Waals surface area contributed by atoms with E-state index in [0.717, 1.165) is 10.4 Å². The predicted molar refractivity (Wildman–Crippen MR) is 76.3 cm³/mol. The summed E-state index contributed by atoms with van der Waals surface area (Å²) in [4.78, 5) is 11.2. The van der Waals surface area contributed by atoms with Gasteiger partial charge in [0.05, 0.1) is 10.5 Å². The van der Waals surface area contributed by atoms with Crippen LogP contribution in [0.1, 0.15) is 0 Å². The van der Waals surface area contributed by atoms with Gasteiger partial charge in [-0.15, -0.1) is 11.3 Å². The van der Waals surface area contributed by atoms with E-state index in [2.05, 4.69) is 5.16 Å². The van der Waals surface area contributed by atoms with E-state index in [1.807, 2.05) is 17.5 Å². The summed E-state index contributed by atoms with van der Waals surface area (Å²) in [5.74, 6) is 0.237. The van der Waals surface area contributed by atoms with Crippen LogP contribution < -0.4 is 5.73 Å². The number of rotatable bonds is 3. The van der Waals surface area contributed by atoms with Gasteiger partial charge in [0.1, 0.15) is 5.69 Å². The van der Waals surface area contributed by atoms with E-state index in [0.29, 0.717) is 11.3 Å². The van der Waals surface area contributed by atoms with Crippen LogP contribution in [0.15, 0.2) is 46.3 Å². The van der Waals surface area contributed by atoms with Crippen molar-refractivity contribution in [1.82, 2.24) is 5.16 Å². The minimum absolute atomic E-state index is 0.0305. The van der Waals surface area contributed by atoms with Crippen molar-refractivity contribution in [2.75, 3.05) is 5.73 Å². The lowest BCUT2D eigenvalue weighted by Crippen LogP contribution is -1.88. The van der Waals surface area contributed by atoms with Crippen molar-refractivity contribution in [3.05, 3.63) is 51.9 Å². The van der Waals surface area contributed by atoms with Crippen molar-refractivity contribution in [3.8, 4) is 21.7 Å². The van der Waals surface area contributed by atoms with Crippen LogP contribution in [0.2, 0.25) is 0 Å². The lowest BCUT2D eigenvalue weighted by Gasteiger charge is -2.00. The molecule has 0 bridgehead atoms. The molecule has 0 spiro atoms. The van der Waals surface area contributed by atoms with E-state index >= 15 is 0 Å². The topological polar surface area (TPSA) is 95.2 Å². The molecule has 2 aromatic heterocycles. The van der Waals surface area contributed by atoms with Gasteiger partial charge >= 0.3 is 0 Å². The number of nitro groups is 1.